The second-order valence-electron chi connectivity index (χ2n) is 7.49. The maximum absolute atomic E-state index is 14.5. The molecule has 1 fully saturated rings. The summed E-state index contributed by atoms with van der Waals surface area (Å²) in [5.74, 6) is 0.146. The molecule has 0 aliphatic carbocycles. The SMILES string of the molecule is CC(C)c1noc(N2CCC(C(C)Oc3cc[c]c(S(C)(=O)=O)c3F)CC2)n1. The molecule has 2 heterocycles. The van der Waals surface area contributed by atoms with Crippen LogP contribution in [0.2, 0.25) is 0 Å². The van der Waals surface area contributed by atoms with Crippen LogP contribution in [0.5, 0.6) is 5.75 Å². The molecule has 1 atom stereocenters. The molecule has 2 aromatic rings. The van der Waals surface area contributed by atoms with Crippen LogP contribution in [0.15, 0.2) is 21.6 Å². The lowest BCUT2D eigenvalue weighted by Crippen LogP contribution is -2.39. The number of hydrogen-bond donors (Lipinski definition) is 0. The van der Waals surface area contributed by atoms with Crippen molar-refractivity contribution in [3.8, 4) is 5.75 Å². The molecule has 28 heavy (non-hydrogen) atoms. The Morgan fingerprint density at radius 3 is 2.57 bits per heavy atom. The fraction of sp³-hybridized carbons (Fsp3) is 0.579. The summed E-state index contributed by atoms with van der Waals surface area (Å²) < 4.78 is 48.9. The number of sulfone groups is 1. The van der Waals surface area contributed by atoms with Gasteiger partial charge < -0.3 is 14.2 Å². The van der Waals surface area contributed by atoms with Crippen molar-refractivity contribution in [2.24, 2.45) is 5.92 Å². The molecule has 1 radical (unpaired) electrons. The van der Waals surface area contributed by atoms with Crippen molar-refractivity contribution in [3.63, 3.8) is 0 Å². The molecule has 1 unspecified atom stereocenters. The fourth-order valence-electron chi connectivity index (χ4n) is 3.25. The minimum atomic E-state index is -3.70. The standard InChI is InChI=1S/C19H25FN3O4S/c1-12(2)18-21-19(27-22-18)23-10-8-14(9-11-23)13(3)26-15-6-5-7-16(17(15)20)28(4,24)25/h5-6,12-14H,8-11H2,1-4H3. The van der Waals surface area contributed by atoms with Crippen LogP contribution in [0.25, 0.3) is 0 Å². The molecule has 1 aliphatic rings. The summed E-state index contributed by atoms with van der Waals surface area (Å²) in [6.45, 7) is 7.36. The molecule has 0 spiro atoms. The molecule has 0 amide bonds. The molecule has 3 rings (SSSR count). The first-order chi connectivity index (χ1) is 13.2. The highest BCUT2D eigenvalue weighted by Crippen LogP contribution is 2.30. The van der Waals surface area contributed by atoms with Crippen molar-refractivity contribution in [1.82, 2.24) is 10.1 Å². The van der Waals surface area contributed by atoms with Crippen LogP contribution in [-0.4, -0.2) is 44.0 Å². The molecule has 7 nitrogen and oxygen atoms in total. The number of nitrogens with zero attached hydrogens (tertiary/aromatic N) is 3. The normalized spacial score (nSPS) is 17.1. The van der Waals surface area contributed by atoms with E-state index < -0.39 is 20.5 Å². The van der Waals surface area contributed by atoms with Crippen LogP contribution in [0.3, 0.4) is 0 Å². The van der Waals surface area contributed by atoms with E-state index in [1.807, 2.05) is 25.7 Å². The molecule has 1 aliphatic heterocycles. The van der Waals surface area contributed by atoms with E-state index in [1.54, 1.807) is 0 Å². The summed E-state index contributed by atoms with van der Waals surface area (Å²) in [4.78, 5) is 6.00. The van der Waals surface area contributed by atoms with E-state index in [4.69, 9.17) is 9.26 Å². The summed E-state index contributed by atoms with van der Waals surface area (Å²) in [6.07, 6.45) is 2.33. The average molecular weight is 410 g/mol. The molecule has 0 bridgehead atoms. The summed E-state index contributed by atoms with van der Waals surface area (Å²) >= 11 is 0. The van der Waals surface area contributed by atoms with Gasteiger partial charge in [0.1, 0.15) is 4.90 Å². The van der Waals surface area contributed by atoms with E-state index in [2.05, 4.69) is 16.2 Å². The smallest absolute Gasteiger partial charge is 0.324 e. The Bertz CT molecular complexity index is 921. The molecule has 1 aromatic carbocycles. The summed E-state index contributed by atoms with van der Waals surface area (Å²) in [5, 5.41) is 3.99. The summed E-state index contributed by atoms with van der Waals surface area (Å²) in [6, 6.07) is 5.73. The number of halogens is 1. The van der Waals surface area contributed by atoms with E-state index in [1.165, 1.54) is 12.1 Å². The zero-order valence-electron chi connectivity index (χ0n) is 16.5. The summed E-state index contributed by atoms with van der Waals surface area (Å²) in [7, 11) is -3.70. The van der Waals surface area contributed by atoms with Crippen molar-refractivity contribution in [3.05, 3.63) is 29.8 Å². The van der Waals surface area contributed by atoms with Gasteiger partial charge in [0.15, 0.2) is 27.2 Å². The van der Waals surface area contributed by atoms with E-state index in [0.717, 1.165) is 32.2 Å². The molecular formula is C19H25FN3O4S. The van der Waals surface area contributed by atoms with E-state index in [0.29, 0.717) is 11.8 Å². The third kappa shape index (κ3) is 4.45. The van der Waals surface area contributed by atoms with Crippen LogP contribution >= 0.6 is 0 Å². The molecular weight excluding hydrogens is 385 g/mol. The number of aromatic nitrogens is 2. The molecule has 0 saturated carbocycles. The van der Waals surface area contributed by atoms with Gasteiger partial charge in [-0.15, -0.1) is 0 Å². The third-order valence-electron chi connectivity index (χ3n) is 4.97. The van der Waals surface area contributed by atoms with Gasteiger partial charge >= 0.3 is 6.01 Å². The van der Waals surface area contributed by atoms with E-state index >= 15 is 0 Å². The van der Waals surface area contributed by atoms with Gasteiger partial charge in [-0.2, -0.15) is 4.98 Å². The van der Waals surface area contributed by atoms with Gasteiger partial charge in [0.2, 0.25) is 0 Å². The van der Waals surface area contributed by atoms with Gasteiger partial charge in [-0.05, 0) is 37.8 Å². The Kier molecular flexibility index (Phi) is 5.92. The molecule has 153 valence electrons. The number of hydrogen-bond acceptors (Lipinski definition) is 7. The Hall–Kier alpha value is -2.16. The zero-order valence-corrected chi connectivity index (χ0v) is 17.3. The quantitative estimate of drug-likeness (QED) is 0.723. The highest BCUT2D eigenvalue weighted by atomic mass is 32.2. The first-order valence-corrected chi connectivity index (χ1v) is 11.2. The van der Waals surface area contributed by atoms with Gasteiger partial charge in [0.05, 0.1) is 6.10 Å². The Morgan fingerprint density at radius 1 is 1.32 bits per heavy atom. The second kappa shape index (κ2) is 8.06. The van der Waals surface area contributed by atoms with Gasteiger partial charge in [-0.1, -0.05) is 19.0 Å². The van der Waals surface area contributed by atoms with Crippen LogP contribution in [0.4, 0.5) is 10.4 Å². The first kappa shape index (κ1) is 20.6. The Morgan fingerprint density at radius 2 is 2.00 bits per heavy atom. The fourth-order valence-corrected chi connectivity index (χ4v) is 3.96. The van der Waals surface area contributed by atoms with E-state index in [-0.39, 0.29) is 23.7 Å². The first-order valence-electron chi connectivity index (χ1n) is 9.32. The Labute approximate surface area is 164 Å². The third-order valence-corrected chi connectivity index (χ3v) is 6.01. The molecule has 1 aromatic heterocycles. The van der Waals surface area contributed by atoms with Crippen molar-refractivity contribution in [2.45, 2.75) is 50.5 Å². The van der Waals surface area contributed by atoms with Crippen molar-refractivity contribution in [2.75, 3.05) is 24.2 Å². The highest BCUT2D eigenvalue weighted by molar-refractivity contribution is 7.90. The molecule has 0 N–H and O–H groups in total. The number of piperidine rings is 1. The number of ether oxygens (including phenoxy) is 1. The van der Waals surface area contributed by atoms with E-state index in [9.17, 15) is 12.8 Å². The maximum atomic E-state index is 14.5. The largest absolute Gasteiger partial charge is 0.487 e. The Balaban J connectivity index is 1.62. The number of anilines is 1. The monoisotopic (exact) mass is 410 g/mol. The second-order valence-corrected chi connectivity index (χ2v) is 9.45. The van der Waals surface area contributed by atoms with Crippen molar-refractivity contribution in [1.29, 1.82) is 0 Å². The maximum Gasteiger partial charge on any atom is 0.324 e. The lowest BCUT2D eigenvalue weighted by atomic mass is 9.92. The lowest BCUT2D eigenvalue weighted by molar-refractivity contribution is 0.126. The van der Waals surface area contributed by atoms with Gasteiger partial charge in [-0.25, -0.2) is 12.8 Å². The summed E-state index contributed by atoms with van der Waals surface area (Å²) in [5.41, 5.74) is 0. The predicted octanol–water partition coefficient (Wildman–Crippen LogP) is 3.22. The zero-order chi connectivity index (χ0) is 20.5. The topological polar surface area (TPSA) is 85.5 Å². The highest BCUT2D eigenvalue weighted by Gasteiger charge is 2.29. The van der Waals surface area contributed by atoms with Crippen molar-refractivity contribution >= 4 is 15.9 Å². The minimum absolute atomic E-state index is 0.0624. The number of rotatable bonds is 6. The van der Waals surface area contributed by atoms with Gasteiger partial charge in [0.25, 0.3) is 0 Å². The molecule has 9 heteroatoms. The van der Waals surface area contributed by atoms with Gasteiger partial charge in [0, 0.05) is 31.3 Å². The van der Waals surface area contributed by atoms with Crippen LogP contribution in [-0.2, 0) is 9.84 Å². The minimum Gasteiger partial charge on any atom is -0.487 e. The van der Waals surface area contributed by atoms with Crippen LogP contribution in [0.1, 0.15) is 45.4 Å². The van der Waals surface area contributed by atoms with Crippen molar-refractivity contribution < 1.29 is 22.1 Å². The lowest BCUT2D eigenvalue weighted by Gasteiger charge is -2.33. The predicted molar refractivity (Wildman–Crippen MR) is 102 cm³/mol. The van der Waals surface area contributed by atoms with Crippen LogP contribution in [0, 0.1) is 17.8 Å². The van der Waals surface area contributed by atoms with Gasteiger partial charge in [-0.3, -0.25) is 0 Å². The molecule has 1 saturated heterocycles. The number of benzene rings is 1. The average Bonchev–Trinajstić information content (AvgIpc) is 3.13. The van der Waals surface area contributed by atoms with Crippen LogP contribution < -0.4 is 9.64 Å².